The third-order valence-electron chi connectivity index (χ3n) is 7.55. The molecule has 1 N–H and O–H groups in total. The number of esters is 1. The van der Waals surface area contributed by atoms with Crippen LogP contribution in [-0.2, 0) is 19.1 Å². The number of nitrogens with zero attached hydrogens (tertiary/aromatic N) is 2. The van der Waals surface area contributed by atoms with Crippen molar-refractivity contribution in [2.75, 3.05) is 32.8 Å². The third-order valence-corrected chi connectivity index (χ3v) is 9.54. The second kappa shape index (κ2) is 10.8. The van der Waals surface area contributed by atoms with Crippen LogP contribution in [0.25, 0.3) is 0 Å². The first-order chi connectivity index (χ1) is 15.8. The molecule has 3 rings (SSSR count). The number of ether oxygens (including phenoxy) is 1. The Kier molecular flexibility index (Phi) is 8.54. The highest BCUT2D eigenvalue weighted by atomic mass is 32.2. The van der Waals surface area contributed by atoms with Gasteiger partial charge >= 0.3 is 5.97 Å². The van der Waals surface area contributed by atoms with E-state index in [1.165, 1.54) is 0 Å². The molecule has 1 spiro atoms. The van der Waals surface area contributed by atoms with E-state index in [9.17, 15) is 14.4 Å². The zero-order valence-corrected chi connectivity index (χ0v) is 21.2. The molecule has 2 unspecified atom stereocenters. The Morgan fingerprint density at radius 3 is 2.67 bits per heavy atom. The quantitative estimate of drug-likeness (QED) is 0.248. The number of aliphatic hydroxyl groups is 1. The third kappa shape index (κ3) is 4.57. The van der Waals surface area contributed by atoms with Crippen molar-refractivity contribution in [3.05, 3.63) is 12.7 Å². The number of rotatable bonds is 13. The van der Waals surface area contributed by atoms with Crippen LogP contribution in [0.3, 0.4) is 0 Å². The van der Waals surface area contributed by atoms with E-state index < -0.39 is 22.6 Å². The largest absolute Gasteiger partial charge is 0.466 e. The van der Waals surface area contributed by atoms with Crippen molar-refractivity contribution >= 4 is 29.5 Å². The normalized spacial score (nSPS) is 32.2. The number of thioether (sulfide) groups is 1. The van der Waals surface area contributed by atoms with E-state index >= 15 is 0 Å². The molecule has 3 aliphatic rings. The smallest absolute Gasteiger partial charge is 0.311 e. The van der Waals surface area contributed by atoms with Crippen molar-refractivity contribution in [3.63, 3.8) is 0 Å². The number of amides is 2. The molecule has 0 aliphatic carbocycles. The molecular weight excluding hydrogens is 440 g/mol. The first-order valence-electron chi connectivity index (χ1n) is 12.5. The maximum absolute atomic E-state index is 14.0. The average molecular weight is 481 g/mol. The first kappa shape index (κ1) is 26.1. The molecule has 0 saturated carbocycles. The van der Waals surface area contributed by atoms with Gasteiger partial charge in [-0.25, -0.2) is 0 Å². The minimum Gasteiger partial charge on any atom is -0.466 e. The van der Waals surface area contributed by atoms with Crippen molar-refractivity contribution in [2.45, 2.75) is 81.3 Å². The number of carbonyl (C=O) groups is 3. The SMILES string of the molecule is C=CCN(CCCC)C(=O)C1N(CCCCCO)C(=O)[C@@H]2[C@@H](C(=O)OCC)[C@@]3(C)CCC12S3. The lowest BCUT2D eigenvalue weighted by molar-refractivity contribution is -0.155. The summed E-state index contributed by atoms with van der Waals surface area (Å²) in [5.41, 5.74) is 0. The van der Waals surface area contributed by atoms with Crippen LogP contribution in [0.4, 0.5) is 0 Å². The Labute approximate surface area is 202 Å². The summed E-state index contributed by atoms with van der Waals surface area (Å²) < 4.78 is 4.44. The van der Waals surface area contributed by atoms with Gasteiger partial charge < -0.3 is 19.6 Å². The van der Waals surface area contributed by atoms with Gasteiger partial charge in [-0.15, -0.1) is 18.3 Å². The predicted molar refractivity (Wildman–Crippen MR) is 130 cm³/mol. The molecular formula is C25H40N2O5S. The minimum absolute atomic E-state index is 0.0254. The molecule has 5 atom stereocenters. The fourth-order valence-corrected chi connectivity index (χ4v) is 8.41. The monoisotopic (exact) mass is 480 g/mol. The number of likely N-dealkylation sites (tertiary alicyclic amines) is 1. The summed E-state index contributed by atoms with van der Waals surface area (Å²) in [6.45, 7) is 11.7. The van der Waals surface area contributed by atoms with Crippen molar-refractivity contribution in [3.8, 4) is 0 Å². The van der Waals surface area contributed by atoms with Crippen molar-refractivity contribution in [1.82, 2.24) is 9.80 Å². The van der Waals surface area contributed by atoms with Gasteiger partial charge in [-0.05, 0) is 52.4 Å². The molecule has 0 aromatic rings. The maximum Gasteiger partial charge on any atom is 0.311 e. The van der Waals surface area contributed by atoms with Gasteiger partial charge in [-0.1, -0.05) is 19.4 Å². The van der Waals surface area contributed by atoms with Gasteiger partial charge in [0, 0.05) is 31.0 Å². The predicted octanol–water partition coefficient (Wildman–Crippen LogP) is 3.01. The van der Waals surface area contributed by atoms with E-state index in [1.54, 1.807) is 29.7 Å². The van der Waals surface area contributed by atoms with Crippen LogP contribution in [0, 0.1) is 11.8 Å². The molecule has 3 aliphatic heterocycles. The highest BCUT2D eigenvalue weighted by molar-refractivity contribution is 8.02. The Hall–Kier alpha value is -1.54. The van der Waals surface area contributed by atoms with Crippen molar-refractivity contribution in [1.29, 1.82) is 0 Å². The standard InChI is InChI=1S/C25H40N2O5S/c1-5-8-15-26(14-6-2)22(30)20-25-13-12-24(4,33-25)19(23(31)32-7-3)18(25)21(29)27(20)16-10-9-11-17-28/h6,18-20,28H,2,5,7-17H2,1,3-4H3/t18-,19-,20?,24+,25?/m0/s1. The van der Waals surface area contributed by atoms with Crippen LogP contribution in [0.15, 0.2) is 12.7 Å². The lowest BCUT2D eigenvalue weighted by Crippen LogP contribution is -2.55. The van der Waals surface area contributed by atoms with E-state index in [0.29, 0.717) is 26.1 Å². The molecule has 3 heterocycles. The van der Waals surface area contributed by atoms with Gasteiger partial charge in [0.1, 0.15) is 6.04 Å². The summed E-state index contributed by atoms with van der Waals surface area (Å²) >= 11 is 1.68. The summed E-state index contributed by atoms with van der Waals surface area (Å²) in [5, 5.41) is 9.15. The highest BCUT2D eigenvalue weighted by Crippen LogP contribution is 2.71. The molecule has 0 aromatic heterocycles. The lowest BCUT2D eigenvalue weighted by atomic mass is 9.66. The lowest BCUT2D eigenvalue weighted by Gasteiger charge is -2.37. The average Bonchev–Trinajstić information content (AvgIpc) is 3.35. The van der Waals surface area contributed by atoms with Crippen LogP contribution in [-0.4, -0.2) is 81.1 Å². The van der Waals surface area contributed by atoms with Gasteiger partial charge in [0.2, 0.25) is 11.8 Å². The summed E-state index contributed by atoms with van der Waals surface area (Å²) in [4.78, 5) is 44.5. The summed E-state index contributed by atoms with van der Waals surface area (Å²) in [6.07, 6.45) is 7.34. The Morgan fingerprint density at radius 2 is 2.03 bits per heavy atom. The number of fused-ring (bicyclic) bond motifs is 1. The van der Waals surface area contributed by atoms with Crippen molar-refractivity contribution < 1.29 is 24.2 Å². The Balaban J connectivity index is 1.98. The zero-order valence-electron chi connectivity index (χ0n) is 20.4. The molecule has 0 radical (unpaired) electrons. The van der Waals surface area contributed by atoms with Crippen LogP contribution >= 0.6 is 11.8 Å². The topological polar surface area (TPSA) is 87.2 Å². The van der Waals surface area contributed by atoms with E-state index in [4.69, 9.17) is 9.84 Å². The number of hydrogen-bond donors (Lipinski definition) is 1. The second-order valence-electron chi connectivity index (χ2n) is 9.72. The summed E-state index contributed by atoms with van der Waals surface area (Å²) in [6, 6.07) is -0.577. The highest BCUT2D eigenvalue weighted by Gasteiger charge is 2.77. The van der Waals surface area contributed by atoms with Gasteiger partial charge in [0.25, 0.3) is 0 Å². The second-order valence-corrected chi connectivity index (χ2v) is 11.6. The molecule has 33 heavy (non-hydrogen) atoms. The van der Waals surface area contributed by atoms with E-state index in [-0.39, 0.29) is 35.7 Å². The summed E-state index contributed by atoms with van der Waals surface area (Å²) in [5.74, 6) is -1.47. The van der Waals surface area contributed by atoms with Gasteiger partial charge in [0.15, 0.2) is 0 Å². The number of carbonyl (C=O) groups excluding carboxylic acids is 3. The van der Waals surface area contributed by atoms with Crippen LogP contribution in [0.5, 0.6) is 0 Å². The van der Waals surface area contributed by atoms with Crippen LogP contribution in [0.1, 0.15) is 65.7 Å². The summed E-state index contributed by atoms with van der Waals surface area (Å²) in [7, 11) is 0. The van der Waals surface area contributed by atoms with E-state index in [2.05, 4.69) is 20.4 Å². The van der Waals surface area contributed by atoms with Crippen LogP contribution in [0.2, 0.25) is 0 Å². The van der Waals surface area contributed by atoms with Gasteiger partial charge in [-0.3, -0.25) is 14.4 Å². The number of hydrogen-bond acceptors (Lipinski definition) is 6. The molecule has 2 amide bonds. The van der Waals surface area contributed by atoms with Gasteiger partial charge in [-0.2, -0.15) is 0 Å². The molecule has 3 fully saturated rings. The molecule has 2 bridgehead atoms. The molecule has 186 valence electrons. The number of unbranched alkanes of at least 4 members (excludes halogenated alkanes) is 3. The fraction of sp³-hybridized carbons (Fsp3) is 0.800. The Morgan fingerprint density at radius 1 is 1.27 bits per heavy atom. The molecule has 8 heteroatoms. The molecule has 7 nitrogen and oxygen atoms in total. The number of aliphatic hydroxyl groups excluding tert-OH is 1. The molecule has 0 aromatic carbocycles. The maximum atomic E-state index is 14.0. The Bertz CT molecular complexity index is 761. The fourth-order valence-electron chi connectivity index (χ4n) is 6.08. The first-order valence-corrected chi connectivity index (χ1v) is 13.3. The zero-order chi connectivity index (χ0) is 24.2. The molecule has 3 saturated heterocycles. The van der Waals surface area contributed by atoms with Crippen LogP contribution < -0.4 is 0 Å². The van der Waals surface area contributed by atoms with E-state index in [0.717, 1.165) is 38.5 Å². The van der Waals surface area contributed by atoms with E-state index in [1.807, 2.05) is 4.90 Å². The van der Waals surface area contributed by atoms with Gasteiger partial charge in [0.05, 0.1) is 23.2 Å². The minimum atomic E-state index is -0.594. The van der Waals surface area contributed by atoms with Crippen molar-refractivity contribution in [2.24, 2.45) is 11.8 Å².